The summed E-state index contributed by atoms with van der Waals surface area (Å²) in [6.45, 7) is 0.0550. The lowest BCUT2D eigenvalue weighted by molar-refractivity contribution is -0.120. The molecular formula is C18H13BrCl2O3. The smallest absolute Gasteiger partial charge is 0.229 e. The first-order valence-corrected chi connectivity index (χ1v) is 8.73. The molecule has 0 saturated heterocycles. The number of Topliss-reactive ketones (excluding diaryl/α,β-unsaturated/α-hetero) is 1. The zero-order valence-electron chi connectivity index (χ0n) is 12.5. The average molecular weight is 428 g/mol. The van der Waals surface area contributed by atoms with Crippen molar-refractivity contribution in [3.8, 4) is 0 Å². The molecule has 0 bridgehead atoms. The highest BCUT2D eigenvalue weighted by Crippen LogP contribution is 2.46. The zero-order valence-corrected chi connectivity index (χ0v) is 15.6. The summed E-state index contributed by atoms with van der Waals surface area (Å²) < 4.78 is 9.39. The Labute approximate surface area is 158 Å². The maximum absolute atomic E-state index is 13.2. The van der Waals surface area contributed by atoms with E-state index in [1.807, 2.05) is 30.3 Å². The number of hydrogen-bond acceptors (Lipinski definition) is 3. The number of carbonyl (C=O) groups is 1. The van der Waals surface area contributed by atoms with Crippen LogP contribution in [0.15, 0.2) is 60.6 Å². The van der Waals surface area contributed by atoms with Gasteiger partial charge in [0, 0.05) is 22.0 Å². The van der Waals surface area contributed by atoms with Crippen LogP contribution in [-0.2, 0) is 25.0 Å². The fourth-order valence-electron chi connectivity index (χ4n) is 2.51. The minimum Gasteiger partial charge on any atom is -0.462 e. The molecule has 1 heterocycles. The van der Waals surface area contributed by atoms with E-state index in [1.165, 1.54) is 6.26 Å². The number of ketones is 1. The summed E-state index contributed by atoms with van der Waals surface area (Å²) >= 11 is 16.0. The van der Waals surface area contributed by atoms with Crippen molar-refractivity contribution < 1.29 is 14.3 Å². The topological polar surface area (TPSA) is 35.5 Å². The minimum absolute atomic E-state index is 0.0550. The van der Waals surface area contributed by atoms with Crippen molar-refractivity contribution in [2.45, 2.75) is 10.7 Å². The number of halogens is 3. The standard InChI is InChI=1S/C18H13BrCl2O3/c19-18(17-10-23-11-24-17,14-9-13(20)6-7-15(14)21)16(22)8-12-4-2-1-3-5-12/h1-7,9-10H,8,11H2. The number of benzene rings is 2. The molecule has 1 aliphatic heterocycles. The lowest BCUT2D eigenvalue weighted by Gasteiger charge is -2.27. The first-order chi connectivity index (χ1) is 11.5. The largest absolute Gasteiger partial charge is 0.462 e. The van der Waals surface area contributed by atoms with Gasteiger partial charge in [-0.15, -0.1) is 0 Å². The SMILES string of the molecule is O=C(Cc1ccccc1)C(Br)(C1=COCO1)c1cc(Cl)ccc1Cl. The molecule has 3 rings (SSSR count). The fourth-order valence-corrected chi connectivity index (χ4v) is 3.73. The first kappa shape index (κ1) is 17.3. The lowest BCUT2D eigenvalue weighted by Crippen LogP contribution is -2.34. The van der Waals surface area contributed by atoms with E-state index in [0.717, 1.165) is 5.56 Å². The Bertz CT molecular complexity index is 792. The molecule has 24 heavy (non-hydrogen) atoms. The summed E-state index contributed by atoms with van der Waals surface area (Å²) in [5.41, 5.74) is 1.42. The summed E-state index contributed by atoms with van der Waals surface area (Å²) in [5.74, 6) is 0.224. The molecule has 0 aliphatic carbocycles. The van der Waals surface area contributed by atoms with Crippen molar-refractivity contribution in [3.05, 3.63) is 81.7 Å². The van der Waals surface area contributed by atoms with Crippen LogP contribution in [0.25, 0.3) is 0 Å². The molecule has 2 aromatic rings. The van der Waals surface area contributed by atoms with E-state index in [1.54, 1.807) is 18.2 Å². The van der Waals surface area contributed by atoms with Crippen LogP contribution in [0.3, 0.4) is 0 Å². The van der Waals surface area contributed by atoms with E-state index in [4.69, 9.17) is 32.7 Å². The molecular weight excluding hydrogens is 415 g/mol. The van der Waals surface area contributed by atoms with Gasteiger partial charge in [0.2, 0.25) is 6.79 Å². The van der Waals surface area contributed by atoms with Crippen molar-refractivity contribution in [1.29, 1.82) is 0 Å². The Hall–Kier alpha value is -1.49. The van der Waals surface area contributed by atoms with Crippen LogP contribution >= 0.6 is 39.1 Å². The highest BCUT2D eigenvalue weighted by atomic mass is 79.9. The van der Waals surface area contributed by atoms with Crippen molar-refractivity contribution in [1.82, 2.24) is 0 Å². The lowest BCUT2D eigenvalue weighted by atomic mass is 9.89. The zero-order chi connectivity index (χ0) is 17.2. The van der Waals surface area contributed by atoms with E-state index in [-0.39, 0.29) is 19.0 Å². The van der Waals surface area contributed by atoms with Crippen LogP contribution in [0.2, 0.25) is 10.0 Å². The summed E-state index contributed by atoms with van der Waals surface area (Å²) in [6.07, 6.45) is 1.63. The molecule has 0 spiro atoms. The number of carbonyl (C=O) groups excluding carboxylic acids is 1. The Kier molecular flexibility index (Phi) is 5.18. The molecule has 1 unspecified atom stereocenters. The molecule has 1 aliphatic rings. The first-order valence-electron chi connectivity index (χ1n) is 7.18. The Morgan fingerprint density at radius 1 is 1.17 bits per heavy atom. The second-order valence-corrected chi connectivity index (χ2v) is 7.31. The van der Waals surface area contributed by atoms with Crippen molar-refractivity contribution in [2.75, 3.05) is 6.79 Å². The van der Waals surface area contributed by atoms with Crippen LogP contribution in [0, 0.1) is 0 Å². The van der Waals surface area contributed by atoms with Gasteiger partial charge in [-0.2, -0.15) is 0 Å². The maximum Gasteiger partial charge on any atom is 0.229 e. The third kappa shape index (κ3) is 3.32. The van der Waals surface area contributed by atoms with Crippen molar-refractivity contribution in [2.24, 2.45) is 0 Å². The van der Waals surface area contributed by atoms with E-state index in [9.17, 15) is 4.79 Å². The third-order valence-electron chi connectivity index (χ3n) is 3.70. The number of hydrogen-bond donors (Lipinski definition) is 0. The fraction of sp³-hybridized carbons (Fsp3) is 0.167. The minimum atomic E-state index is -1.26. The molecule has 0 N–H and O–H groups in total. The Morgan fingerprint density at radius 3 is 2.58 bits per heavy atom. The van der Waals surface area contributed by atoms with Crippen LogP contribution in [-0.4, -0.2) is 12.6 Å². The number of rotatable bonds is 5. The van der Waals surface area contributed by atoms with Gasteiger partial charge in [-0.3, -0.25) is 4.79 Å². The molecule has 0 saturated carbocycles. The molecule has 6 heteroatoms. The maximum atomic E-state index is 13.2. The number of ether oxygens (including phenoxy) is 2. The number of allylic oxidation sites excluding steroid dienone is 1. The molecule has 0 radical (unpaired) electrons. The van der Waals surface area contributed by atoms with Gasteiger partial charge >= 0.3 is 0 Å². The van der Waals surface area contributed by atoms with Crippen molar-refractivity contribution >= 4 is 44.9 Å². The summed E-state index contributed by atoms with van der Waals surface area (Å²) in [6, 6.07) is 14.4. The molecule has 3 nitrogen and oxygen atoms in total. The van der Waals surface area contributed by atoms with E-state index in [0.29, 0.717) is 21.4 Å². The van der Waals surface area contributed by atoms with Crippen LogP contribution in [0.4, 0.5) is 0 Å². The van der Waals surface area contributed by atoms with E-state index in [2.05, 4.69) is 15.9 Å². The Morgan fingerprint density at radius 2 is 1.92 bits per heavy atom. The normalized spacial score (nSPS) is 15.9. The second-order valence-electron chi connectivity index (χ2n) is 5.28. The summed E-state index contributed by atoms with van der Waals surface area (Å²) in [7, 11) is 0. The van der Waals surface area contributed by atoms with Gasteiger partial charge in [-0.25, -0.2) is 0 Å². The van der Waals surface area contributed by atoms with Crippen LogP contribution in [0.1, 0.15) is 11.1 Å². The summed E-state index contributed by atoms with van der Waals surface area (Å²) in [4.78, 5) is 13.2. The predicted octanol–water partition coefficient (Wildman–Crippen LogP) is 5.24. The third-order valence-corrected chi connectivity index (χ3v) is 5.53. The molecule has 1 atom stereocenters. The van der Waals surface area contributed by atoms with E-state index < -0.39 is 4.32 Å². The van der Waals surface area contributed by atoms with Gasteiger partial charge in [0.05, 0.1) is 0 Å². The van der Waals surface area contributed by atoms with Gasteiger partial charge in [0.15, 0.2) is 15.9 Å². The van der Waals surface area contributed by atoms with Crippen LogP contribution < -0.4 is 0 Å². The van der Waals surface area contributed by atoms with Crippen LogP contribution in [0.5, 0.6) is 0 Å². The molecule has 2 aromatic carbocycles. The van der Waals surface area contributed by atoms with Gasteiger partial charge in [-0.05, 0) is 23.8 Å². The highest BCUT2D eigenvalue weighted by molar-refractivity contribution is 9.10. The second kappa shape index (κ2) is 7.18. The average Bonchev–Trinajstić information content (AvgIpc) is 3.12. The van der Waals surface area contributed by atoms with Gasteiger partial charge in [0.1, 0.15) is 6.26 Å². The van der Waals surface area contributed by atoms with Gasteiger partial charge < -0.3 is 9.47 Å². The van der Waals surface area contributed by atoms with Crippen molar-refractivity contribution in [3.63, 3.8) is 0 Å². The molecule has 0 aromatic heterocycles. The summed E-state index contributed by atoms with van der Waals surface area (Å²) in [5, 5.41) is 0.888. The molecule has 124 valence electrons. The highest BCUT2D eigenvalue weighted by Gasteiger charge is 2.45. The Balaban J connectivity index is 2.06. The molecule has 0 amide bonds. The predicted molar refractivity (Wildman–Crippen MR) is 97.3 cm³/mol. The monoisotopic (exact) mass is 426 g/mol. The van der Waals surface area contributed by atoms with E-state index >= 15 is 0 Å². The quantitative estimate of drug-likeness (QED) is 0.612. The van der Waals surface area contributed by atoms with Gasteiger partial charge in [-0.1, -0.05) is 69.5 Å². The van der Waals surface area contributed by atoms with Gasteiger partial charge in [0.25, 0.3) is 0 Å². The molecule has 0 fully saturated rings. The number of alkyl halides is 1.